The number of nitrogens with zero attached hydrogens (tertiary/aromatic N) is 2. The van der Waals surface area contributed by atoms with Crippen molar-refractivity contribution in [1.29, 1.82) is 0 Å². The highest BCUT2D eigenvalue weighted by atomic mass is 19.1. The first kappa shape index (κ1) is 20.8. The monoisotopic (exact) mass is 401 g/mol. The lowest BCUT2D eigenvalue weighted by molar-refractivity contribution is -0.118. The zero-order valence-corrected chi connectivity index (χ0v) is 16.8. The molecule has 1 heterocycles. The summed E-state index contributed by atoms with van der Waals surface area (Å²) in [5.41, 5.74) is 1.95. The van der Waals surface area contributed by atoms with E-state index in [1.807, 2.05) is 19.1 Å². The van der Waals surface area contributed by atoms with Gasteiger partial charge in [-0.25, -0.2) is 13.6 Å². The van der Waals surface area contributed by atoms with E-state index in [0.717, 1.165) is 5.56 Å². The molecule has 29 heavy (non-hydrogen) atoms. The Hall–Kier alpha value is -2.96. The van der Waals surface area contributed by atoms with Crippen LogP contribution >= 0.6 is 0 Å². The number of urea groups is 1. The summed E-state index contributed by atoms with van der Waals surface area (Å²) in [5.74, 6) is -1.70. The second-order valence-corrected chi connectivity index (χ2v) is 7.57. The van der Waals surface area contributed by atoms with Crippen molar-refractivity contribution < 1.29 is 18.4 Å². The summed E-state index contributed by atoms with van der Waals surface area (Å²) in [6.07, 6.45) is 0.646. The Labute approximate surface area is 169 Å². The van der Waals surface area contributed by atoms with E-state index in [9.17, 15) is 18.4 Å². The third kappa shape index (κ3) is 4.55. The summed E-state index contributed by atoms with van der Waals surface area (Å²) in [6, 6.07) is 8.79. The number of halogens is 2. The van der Waals surface area contributed by atoms with Gasteiger partial charge >= 0.3 is 6.03 Å². The number of rotatable bonds is 5. The molecule has 0 unspecified atom stereocenters. The number of hydrogen-bond acceptors (Lipinski definition) is 2. The van der Waals surface area contributed by atoms with Crippen LogP contribution in [0.5, 0.6) is 0 Å². The van der Waals surface area contributed by atoms with Gasteiger partial charge in [0.15, 0.2) is 0 Å². The van der Waals surface area contributed by atoms with E-state index in [2.05, 4.69) is 5.32 Å². The van der Waals surface area contributed by atoms with Gasteiger partial charge in [0.25, 0.3) is 0 Å². The summed E-state index contributed by atoms with van der Waals surface area (Å²) in [6.45, 7) is 6.21. The topological polar surface area (TPSA) is 52.6 Å². The number of anilines is 2. The van der Waals surface area contributed by atoms with E-state index in [1.165, 1.54) is 23.1 Å². The van der Waals surface area contributed by atoms with Crippen LogP contribution in [0.15, 0.2) is 36.4 Å². The van der Waals surface area contributed by atoms with Gasteiger partial charge in [0.2, 0.25) is 5.91 Å². The first-order valence-electron chi connectivity index (χ1n) is 9.68. The van der Waals surface area contributed by atoms with Crippen LogP contribution in [-0.4, -0.2) is 29.9 Å². The van der Waals surface area contributed by atoms with Gasteiger partial charge in [-0.1, -0.05) is 26.0 Å². The first-order valence-corrected chi connectivity index (χ1v) is 9.68. The van der Waals surface area contributed by atoms with Crippen LogP contribution in [0.3, 0.4) is 0 Å². The quantitative estimate of drug-likeness (QED) is 0.790. The molecule has 154 valence electrons. The number of amides is 3. The summed E-state index contributed by atoms with van der Waals surface area (Å²) in [5, 5.41) is 2.88. The Morgan fingerprint density at radius 1 is 1.14 bits per heavy atom. The molecule has 1 aliphatic heterocycles. The van der Waals surface area contributed by atoms with E-state index < -0.39 is 11.6 Å². The molecule has 0 saturated carbocycles. The number of benzene rings is 2. The lowest BCUT2D eigenvalue weighted by Crippen LogP contribution is -2.49. The molecule has 7 heteroatoms. The second-order valence-electron chi connectivity index (χ2n) is 7.57. The van der Waals surface area contributed by atoms with Gasteiger partial charge in [-0.3, -0.25) is 9.69 Å². The van der Waals surface area contributed by atoms with Crippen LogP contribution in [0.25, 0.3) is 0 Å². The Morgan fingerprint density at radius 3 is 2.48 bits per heavy atom. The van der Waals surface area contributed by atoms with Crippen LogP contribution in [0.2, 0.25) is 0 Å². The molecule has 0 radical (unpaired) electrons. The summed E-state index contributed by atoms with van der Waals surface area (Å²) in [4.78, 5) is 28.3. The lowest BCUT2D eigenvalue weighted by atomic mass is 10.1. The third-order valence-corrected chi connectivity index (χ3v) is 4.95. The molecule has 0 aromatic heterocycles. The SMILES string of the molecule is Cc1ccc(N2CCCN(Cc3c(F)cccc3F)C2=O)c(NC(=O)C(C)C)c1. The van der Waals surface area contributed by atoms with E-state index in [1.54, 1.807) is 24.8 Å². The van der Waals surface area contributed by atoms with Gasteiger partial charge in [-0.2, -0.15) is 0 Å². The number of nitrogens with one attached hydrogen (secondary N) is 1. The fraction of sp³-hybridized carbons (Fsp3) is 0.364. The third-order valence-electron chi connectivity index (χ3n) is 4.95. The van der Waals surface area contributed by atoms with Crippen LogP contribution < -0.4 is 10.2 Å². The Balaban J connectivity index is 1.88. The van der Waals surface area contributed by atoms with E-state index in [-0.39, 0.29) is 30.0 Å². The van der Waals surface area contributed by atoms with E-state index in [4.69, 9.17) is 0 Å². The zero-order valence-electron chi connectivity index (χ0n) is 16.8. The van der Waals surface area contributed by atoms with E-state index >= 15 is 0 Å². The number of carbonyl (C=O) groups is 2. The highest BCUT2D eigenvalue weighted by Crippen LogP contribution is 2.31. The Morgan fingerprint density at radius 2 is 1.83 bits per heavy atom. The maximum Gasteiger partial charge on any atom is 0.324 e. The van der Waals surface area contributed by atoms with Gasteiger partial charge in [-0.05, 0) is 43.2 Å². The van der Waals surface area contributed by atoms with Crippen LogP contribution in [0.1, 0.15) is 31.4 Å². The molecule has 0 bridgehead atoms. The largest absolute Gasteiger partial charge is 0.324 e. The van der Waals surface area contributed by atoms with Crippen molar-refractivity contribution in [3.8, 4) is 0 Å². The predicted molar refractivity (Wildman–Crippen MR) is 109 cm³/mol. The first-order chi connectivity index (χ1) is 13.8. The maximum atomic E-state index is 14.0. The highest BCUT2D eigenvalue weighted by Gasteiger charge is 2.30. The molecule has 5 nitrogen and oxygen atoms in total. The average Bonchev–Trinajstić information content (AvgIpc) is 2.66. The molecule has 2 aromatic carbocycles. The van der Waals surface area contributed by atoms with Gasteiger partial charge < -0.3 is 10.2 Å². The van der Waals surface area contributed by atoms with Gasteiger partial charge in [0, 0.05) is 24.6 Å². The molecule has 2 aromatic rings. The van der Waals surface area contributed by atoms with Crippen molar-refractivity contribution in [2.45, 2.75) is 33.7 Å². The minimum atomic E-state index is -0.671. The van der Waals surface area contributed by atoms with Crippen molar-refractivity contribution in [1.82, 2.24) is 4.90 Å². The normalized spacial score (nSPS) is 14.5. The fourth-order valence-electron chi connectivity index (χ4n) is 3.29. The van der Waals surface area contributed by atoms with Crippen molar-refractivity contribution in [2.75, 3.05) is 23.3 Å². The lowest BCUT2D eigenvalue weighted by Gasteiger charge is -2.36. The standard InChI is InChI=1S/C22H25F2N3O2/c1-14(2)21(28)25-19-12-15(3)8-9-20(19)27-11-5-10-26(22(27)29)13-16-17(23)6-4-7-18(16)24/h4,6-9,12,14H,5,10-11,13H2,1-3H3,(H,25,28). The van der Waals surface area contributed by atoms with E-state index in [0.29, 0.717) is 30.9 Å². The Kier molecular flexibility index (Phi) is 6.15. The average molecular weight is 401 g/mol. The van der Waals surface area contributed by atoms with Crippen molar-refractivity contribution in [3.05, 3.63) is 59.2 Å². The molecule has 0 aliphatic carbocycles. The number of aryl methyl sites for hydroxylation is 1. The fourth-order valence-corrected chi connectivity index (χ4v) is 3.29. The molecule has 1 aliphatic rings. The van der Waals surface area contributed by atoms with Crippen LogP contribution in [-0.2, 0) is 11.3 Å². The van der Waals surface area contributed by atoms with Crippen molar-refractivity contribution in [2.24, 2.45) is 5.92 Å². The van der Waals surface area contributed by atoms with Gasteiger partial charge in [-0.15, -0.1) is 0 Å². The van der Waals surface area contributed by atoms with Gasteiger partial charge in [0.1, 0.15) is 11.6 Å². The molecule has 1 N–H and O–H groups in total. The number of hydrogen-bond donors (Lipinski definition) is 1. The number of carbonyl (C=O) groups excluding carboxylic acids is 2. The van der Waals surface area contributed by atoms with Crippen molar-refractivity contribution >= 4 is 23.3 Å². The molecule has 0 spiro atoms. The molecule has 3 amide bonds. The molecular weight excluding hydrogens is 376 g/mol. The molecule has 1 saturated heterocycles. The Bertz CT molecular complexity index is 910. The second kappa shape index (κ2) is 8.59. The summed E-state index contributed by atoms with van der Waals surface area (Å²) >= 11 is 0. The molecule has 3 rings (SSSR count). The smallest absolute Gasteiger partial charge is 0.324 e. The minimum Gasteiger partial charge on any atom is -0.324 e. The predicted octanol–water partition coefficient (Wildman–Crippen LogP) is 4.70. The highest BCUT2D eigenvalue weighted by molar-refractivity contribution is 6.01. The zero-order chi connectivity index (χ0) is 21.1. The molecular formula is C22H25F2N3O2. The maximum absolute atomic E-state index is 14.0. The minimum absolute atomic E-state index is 0.125. The molecule has 1 fully saturated rings. The van der Waals surface area contributed by atoms with Gasteiger partial charge in [0.05, 0.1) is 17.9 Å². The van der Waals surface area contributed by atoms with Crippen molar-refractivity contribution in [3.63, 3.8) is 0 Å². The van der Waals surface area contributed by atoms with Crippen LogP contribution in [0, 0.1) is 24.5 Å². The molecule has 0 atom stereocenters. The summed E-state index contributed by atoms with van der Waals surface area (Å²) in [7, 11) is 0. The van der Waals surface area contributed by atoms with Crippen LogP contribution in [0.4, 0.5) is 25.0 Å². The summed E-state index contributed by atoms with van der Waals surface area (Å²) < 4.78 is 28.1.